The van der Waals surface area contributed by atoms with E-state index in [0.29, 0.717) is 29.5 Å². The van der Waals surface area contributed by atoms with Gasteiger partial charge in [-0.05, 0) is 81.4 Å². The second kappa shape index (κ2) is 12.3. The Hall–Kier alpha value is -3.72. The van der Waals surface area contributed by atoms with Crippen molar-refractivity contribution in [3.63, 3.8) is 0 Å². The fourth-order valence-corrected chi connectivity index (χ4v) is 4.83. The van der Waals surface area contributed by atoms with E-state index in [1.54, 1.807) is 74.7 Å². The highest BCUT2D eigenvalue weighted by Crippen LogP contribution is 2.26. The molecule has 0 aliphatic rings. The molecule has 36 heavy (non-hydrogen) atoms. The van der Waals surface area contributed by atoms with Crippen LogP contribution in [0.2, 0.25) is 0 Å². The van der Waals surface area contributed by atoms with Gasteiger partial charge in [0.15, 0.2) is 0 Å². The highest BCUT2D eigenvalue weighted by Gasteiger charge is 2.27. The monoisotopic (exact) mass is 512 g/mol. The van der Waals surface area contributed by atoms with Crippen LogP contribution in [0, 0.1) is 6.92 Å². The van der Waals surface area contributed by atoms with Crippen molar-refractivity contribution in [2.24, 2.45) is 0 Å². The van der Waals surface area contributed by atoms with E-state index < -0.39 is 22.5 Å². The SMILES string of the molecule is CCOc1ccc(N(CC(=O)NC(C)COc2ccc(OC)cc2)S(=O)(=O)c2ccc(C)cc2)cc1. The van der Waals surface area contributed by atoms with Crippen molar-refractivity contribution in [3.05, 3.63) is 78.4 Å². The van der Waals surface area contributed by atoms with Crippen LogP contribution in [0.1, 0.15) is 19.4 Å². The van der Waals surface area contributed by atoms with Gasteiger partial charge in [0.2, 0.25) is 5.91 Å². The first-order valence-electron chi connectivity index (χ1n) is 11.6. The van der Waals surface area contributed by atoms with E-state index in [2.05, 4.69) is 5.32 Å². The molecule has 3 rings (SSSR count). The van der Waals surface area contributed by atoms with Crippen molar-refractivity contribution in [2.75, 3.05) is 31.2 Å². The first-order valence-corrected chi connectivity index (χ1v) is 13.1. The van der Waals surface area contributed by atoms with Crippen molar-refractivity contribution in [2.45, 2.75) is 31.7 Å². The molecule has 0 saturated carbocycles. The molecular formula is C27H32N2O6S. The molecule has 0 fully saturated rings. The zero-order valence-electron chi connectivity index (χ0n) is 20.9. The molecule has 3 aromatic rings. The number of amides is 1. The number of ether oxygens (including phenoxy) is 3. The molecule has 0 spiro atoms. The summed E-state index contributed by atoms with van der Waals surface area (Å²) >= 11 is 0. The minimum atomic E-state index is -4.00. The molecule has 0 radical (unpaired) electrons. The van der Waals surface area contributed by atoms with Crippen LogP contribution in [-0.4, -0.2) is 47.2 Å². The molecule has 0 saturated heterocycles. The molecule has 0 bridgehead atoms. The third-order valence-corrected chi connectivity index (χ3v) is 7.09. The van der Waals surface area contributed by atoms with Gasteiger partial charge in [0.25, 0.3) is 10.0 Å². The Kier molecular flexibility index (Phi) is 9.19. The molecule has 0 heterocycles. The molecule has 192 valence electrons. The first-order chi connectivity index (χ1) is 17.2. The van der Waals surface area contributed by atoms with Crippen LogP contribution < -0.4 is 23.8 Å². The Morgan fingerprint density at radius 3 is 2.03 bits per heavy atom. The maximum absolute atomic E-state index is 13.5. The van der Waals surface area contributed by atoms with Gasteiger partial charge in [-0.1, -0.05) is 17.7 Å². The average molecular weight is 513 g/mol. The number of nitrogens with zero attached hydrogens (tertiary/aromatic N) is 1. The standard InChI is InChI=1S/C27H32N2O6S/c1-5-34-24-10-8-22(9-11-24)29(36(31,32)26-16-6-20(2)7-17-26)18-27(30)28-21(3)19-35-25-14-12-23(33-4)13-15-25/h6-17,21H,5,18-19H2,1-4H3,(H,28,30). The van der Waals surface area contributed by atoms with Crippen LogP contribution in [0.15, 0.2) is 77.7 Å². The van der Waals surface area contributed by atoms with Crippen LogP contribution in [0.25, 0.3) is 0 Å². The maximum Gasteiger partial charge on any atom is 0.264 e. The van der Waals surface area contributed by atoms with Crippen molar-refractivity contribution in [1.82, 2.24) is 5.32 Å². The Bertz CT molecular complexity index is 1230. The number of aryl methyl sites for hydroxylation is 1. The lowest BCUT2D eigenvalue weighted by Crippen LogP contribution is -2.45. The summed E-state index contributed by atoms with van der Waals surface area (Å²) in [4.78, 5) is 13.0. The molecule has 3 aromatic carbocycles. The van der Waals surface area contributed by atoms with Crippen molar-refractivity contribution >= 4 is 21.6 Å². The normalized spacial score (nSPS) is 11.9. The van der Waals surface area contributed by atoms with Gasteiger partial charge in [-0.15, -0.1) is 0 Å². The molecule has 8 nitrogen and oxygen atoms in total. The maximum atomic E-state index is 13.5. The Morgan fingerprint density at radius 2 is 1.44 bits per heavy atom. The zero-order valence-corrected chi connectivity index (χ0v) is 21.7. The molecule has 1 amide bonds. The average Bonchev–Trinajstić information content (AvgIpc) is 2.87. The van der Waals surface area contributed by atoms with Crippen molar-refractivity contribution in [1.29, 1.82) is 0 Å². The van der Waals surface area contributed by atoms with Gasteiger partial charge in [-0.2, -0.15) is 0 Å². The summed E-state index contributed by atoms with van der Waals surface area (Å²) in [5.74, 6) is 1.51. The second-order valence-electron chi connectivity index (χ2n) is 8.21. The molecule has 9 heteroatoms. The minimum absolute atomic E-state index is 0.102. The van der Waals surface area contributed by atoms with Gasteiger partial charge in [0.1, 0.15) is 30.4 Å². The summed E-state index contributed by atoms with van der Waals surface area (Å²) in [7, 11) is -2.41. The van der Waals surface area contributed by atoms with Crippen LogP contribution in [0.5, 0.6) is 17.2 Å². The summed E-state index contributed by atoms with van der Waals surface area (Å²) in [6.45, 7) is 5.85. The molecule has 0 aliphatic carbocycles. The van der Waals surface area contributed by atoms with Gasteiger partial charge >= 0.3 is 0 Å². The number of sulfonamides is 1. The lowest BCUT2D eigenvalue weighted by molar-refractivity contribution is -0.120. The third-order valence-electron chi connectivity index (χ3n) is 5.30. The van der Waals surface area contributed by atoms with Crippen LogP contribution >= 0.6 is 0 Å². The quantitative estimate of drug-likeness (QED) is 0.391. The number of anilines is 1. The summed E-state index contributed by atoms with van der Waals surface area (Å²) < 4.78 is 44.5. The number of carbonyl (C=O) groups excluding carboxylic acids is 1. The smallest absolute Gasteiger partial charge is 0.264 e. The fraction of sp³-hybridized carbons (Fsp3) is 0.296. The predicted octanol–water partition coefficient (Wildman–Crippen LogP) is 4.18. The number of rotatable bonds is 12. The molecular weight excluding hydrogens is 480 g/mol. The summed E-state index contributed by atoms with van der Waals surface area (Å²) in [6, 6.07) is 19.9. The number of hydrogen-bond donors (Lipinski definition) is 1. The van der Waals surface area contributed by atoms with Crippen LogP contribution in [0.3, 0.4) is 0 Å². The molecule has 0 aromatic heterocycles. The Morgan fingerprint density at radius 1 is 0.889 bits per heavy atom. The summed E-state index contributed by atoms with van der Waals surface area (Å²) in [5.41, 5.74) is 1.29. The van der Waals surface area contributed by atoms with E-state index in [-0.39, 0.29) is 17.5 Å². The van der Waals surface area contributed by atoms with Crippen LogP contribution in [-0.2, 0) is 14.8 Å². The van der Waals surface area contributed by atoms with Gasteiger partial charge in [0.05, 0.1) is 30.3 Å². The fourth-order valence-electron chi connectivity index (χ4n) is 3.41. The van der Waals surface area contributed by atoms with Crippen LogP contribution in [0.4, 0.5) is 5.69 Å². The lowest BCUT2D eigenvalue weighted by atomic mass is 10.2. The molecule has 1 unspecified atom stereocenters. The number of benzene rings is 3. The van der Waals surface area contributed by atoms with E-state index in [9.17, 15) is 13.2 Å². The third kappa shape index (κ3) is 7.14. The zero-order chi connectivity index (χ0) is 26.1. The number of methoxy groups -OCH3 is 1. The molecule has 0 aliphatic heterocycles. The van der Waals surface area contributed by atoms with E-state index in [1.165, 1.54) is 12.1 Å². The highest BCUT2D eigenvalue weighted by atomic mass is 32.2. The number of carbonyl (C=O) groups is 1. The highest BCUT2D eigenvalue weighted by molar-refractivity contribution is 7.92. The van der Waals surface area contributed by atoms with Gasteiger partial charge in [-0.3, -0.25) is 9.10 Å². The Labute approximate surface area is 212 Å². The largest absolute Gasteiger partial charge is 0.497 e. The topological polar surface area (TPSA) is 94.2 Å². The Balaban J connectivity index is 1.73. The number of hydrogen-bond acceptors (Lipinski definition) is 6. The van der Waals surface area contributed by atoms with E-state index >= 15 is 0 Å². The summed E-state index contributed by atoms with van der Waals surface area (Å²) in [5, 5.41) is 2.82. The van der Waals surface area contributed by atoms with Crippen molar-refractivity contribution in [3.8, 4) is 17.2 Å². The minimum Gasteiger partial charge on any atom is -0.497 e. The summed E-state index contributed by atoms with van der Waals surface area (Å²) in [6.07, 6.45) is 0. The molecule has 1 atom stereocenters. The first kappa shape index (κ1) is 26.9. The van der Waals surface area contributed by atoms with Gasteiger partial charge in [-0.25, -0.2) is 8.42 Å². The van der Waals surface area contributed by atoms with E-state index in [0.717, 1.165) is 9.87 Å². The lowest BCUT2D eigenvalue weighted by Gasteiger charge is -2.25. The van der Waals surface area contributed by atoms with E-state index in [1.807, 2.05) is 13.8 Å². The molecule has 1 N–H and O–H groups in total. The predicted molar refractivity (Wildman–Crippen MR) is 139 cm³/mol. The second-order valence-corrected chi connectivity index (χ2v) is 10.1. The van der Waals surface area contributed by atoms with Crippen molar-refractivity contribution < 1.29 is 27.4 Å². The van der Waals surface area contributed by atoms with E-state index in [4.69, 9.17) is 14.2 Å². The van der Waals surface area contributed by atoms with Gasteiger partial charge < -0.3 is 19.5 Å². The number of nitrogens with one attached hydrogen (secondary N) is 1. The van der Waals surface area contributed by atoms with Gasteiger partial charge in [0, 0.05) is 0 Å².